The van der Waals surface area contributed by atoms with Crippen molar-refractivity contribution in [3.63, 3.8) is 0 Å². The minimum Gasteiger partial charge on any atom is -0.497 e. The van der Waals surface area contributed by atoms with Crippen LogP contribution in [0.5, 0.6) is 11.5 Å². The van der Waals surface area contributed by atoms with Crippen LogP contribution in [0.2, 0.25) is 5.02 Å². The average Bonchev–Trinajstić information content (AvgIpc) is 3.28. The lowest BCUT2D eigenvalue weighted by molar-refractivity contribution is 0.00819. The van der Waals surface area contributed by atoms with E-state index in [1.54, 1.807) is 17.8 Å². The molecule has 12 heteroatoms. The van der Waals surface area contributed by atoms with Crippen molar-refractivity contribution in [2.75, 3.05) is 7.11 Å². The van der Waals surface area contributed by atoms with Gasteiger partial charge in [0, 0.05) is 34.8 Å². The van der Waals surface area contributed by atoms with E-state index in [0.29, 0.717) is 28.8 Å². The number of aromatic nitrogens is 5. The first-order valence-corrected chi connectivity index (χ1v) is 11.0. The molecule has 36 heavy (non-hydrogen) atoms. The van der Waals surface area contributed by atoms with Crippen molar-refractivity contribution < 1.29 is 22.6 Å². The van der Waals surface area contributed by atoms with E-state index in [1.165, 1.54) is 0 Å². The topological polar surface area (TPSA) is 100 Å². The molecule has 5 rings (SSSR count). The number of nitrogens with zero attached hydrogens (tertiary/aromatic N) is 5. The Kier molecular flexibility index (Phi) is 7.81. The molecule has 0 amide bonds. The quantitative estimate of drug-likeness (QED) is 0.330. The van der Waals surface area contributed by atoms with Gasteiger partial charge < -0.3 is 15.2 Å². The molecular formula is C24H20ClF3N6O2. The molecule has 8 nitrogen and oxygen atoms in total. The molecule has 3 aromatic heterocycles. The Morgan fingerprint density at radius 1 is 1.03 bits per heavy atom. The van der Waals surface area contributed by atoms with Crippen molar-refractivity contribution in [3.8, 4) is 22.8 Å². The number of rotatable bonds is 6. The predicted molar refractivity (Wildman–Crippen MR) is 129 cm³/mol. The zero-order chi connectivity index (χ0) is 25.7. The molecule has 2 aromatic carbocycles. The highest BCUT2D eigenvalue weighted by Gasteiger charge is 2.12. The number of benzene rings is 2. The molecule has 0 saturated heterocycles. The van der Waals surface area contributed by atoms with Crippen LogP contribution in [-0.2, 0) is 13.2 Å². The molecule has 0 radical (unpaired) electrons. The van der Waals surface area contributed by atoms with Crippen LogP contribution in [-0.4, -0.2) is 38.6 Å². The Morgan fingerprint density at radius 2 is 1.83 bits per heavy atom. The van der Waals surface area contributed by atoms with Gasteiger partial charge in [-0.05, 0) is 42.0 Å². The Hall–Kier alpha value is -3.96. The molecule has 0 aliphatic heterocycles. The molecule has 0 atom stereocenters. The van der Waals surface area contributed by atoms with E-state index in [1.807, 2.05) is 54.6 Å². The lowest BCUT2D eigenvalue weighted by Crippen LogP contribution is -2.05. The van der Waals surface area contributed by atoms with Gasteiger partial charge in [-0.1, -0.05) is 23.7 Å². The van der Waals surface area contributed by atoms with Gasteiger partial charge in [0.25, 0.3) is 0 Å². The fraction of sp³-hybridized carbons (Fsp3) is 0.167. The van der Waals surface area contributed by atoms with Crippen molar-refractivity contribution in [2.24, 2.45) is 5.73 Å². The van der Waals surface area contributed by atoms with Gasteiger partial charge in [0.1, 0.15) is 18.1 Å². The third-order valence-electron chi connectivity index (χ3n) is 5.16. The summed E-state index contributed by atoms with van der Waals surface area (Å²) in [5.74, 6) is 2.00. The maximum Gasteiger partial charge on any atom is 0.379 e. The summed E-state index contributed by atoms with van der Waals surface area (Å²) in [6.07, 6.45) is 1.70. The van der Waals surface area contributed by atoms with Crippen LogP contribution >= 0.6 is 11.6 Å². The molecule has 0 bridgehead atoms. The van der Waals surface area contributed by atoms with Gasteiger partial charge in [-0.3, -0.25) is 4.98 Å². The van der Waals surface area contributed by atoms with Crippen molar-refractivity contribution in [1.29, 1.82) is 0 Å². The SMILES string of the molecule is COc1ccc2c(OCc3nnc4ccc(-c5ccc(CN)c(Cl)c5)nn34)ccnc2c1.FC(F)F. The zero-order valence-electron chi connectivity index (χ0n) is 18.9. The second-order valence-corrected chi connectivity index (χ2v) is 7.75. The fourth-order valence-electron chi connectivity index (χ4n) is 3.45. The standard InChI is InChI=1S/C23H19ClN6O2.CHF3/c1-31-16-4-5-17-20(11-16)26-9-8-21(17)32-13-23-28-27-22-7-6-19(29-30(22)23)14-2-3-15(12-25)18(24)10-14;2-1(3)4/h2-11H,12-13,25H2,1H3;1H. The number of fused-ring (bicyclic) bond motifs is 2. The summed E-state index contributed by atoms with van der Waals surface area (Å²) in [4.78, 5) is 4.39. The fourth-order valence-corrected chi connectivity index (χ4v) is 3.70. The van der Waals surface area contributed by atoms with Crippen LogP contribution in [0.4, 0.5) is 13.2 Å². The molecule has 186 valence electrons. The summed E-state index contributed by atoms with van der Waals surface area (Å²) in [5.41, 5.74) is 9.62. The summed E-state index contributed by atoms with van der Waals surface area (Å²) in [6.45, 7) is -3.09. The largest absolute Gasteiger partial charge is 0.497 e. The summed E-state index contributed by atoms with van der Waals surface area (Å²) < 4.78 is 42.0. The van der Waals surface area contributed by atoms with E-state index < -0.39 is 6.68 Å². The predicted octanol–water partition coefficient (Wildman–Crippen LogP) is 5.22. The first kappa shape index (κ1) is 25.1. The highest BCUT2D eigenvalue weighted by Crippen LogP contribution is 2.28. The molecular weight excluding hydrogens is 497 g/mol. The van der Waals surface area contributed by atoms with Gasteiger partial charge >= 0.3 is 6.68 Å². The lowest BCUT2D eigenvalue weighted by Gasteiger charge is -2.09. The highest BCUT2D eigenvalue weighted by atomic mass is 35.5. The number of ether oxygens (including phenoxy) is 2. The molecule has 0 saturated carbocycles. The van der Waals surface area contributed by atoms with Gasteiger partial charge in [-0.25, -0.2) is 0 Å². The third-order valence-corrected chi connectivity index (χ3v) is 5.51. The Balaban J connectivity index is 0.000000709. The first-order chi connectivity index (χ1) is 17.4. The van der Waals surface area contributed by atoms with E-state index >= 15 is 0 Å². The van der Waals surface area contributed by atoms with Crippen molar-refractivity contribution in [1.82, 2.24) is 24.8 Å². The van der Waals surface area contributed by atoms with Gasteiger partial charge in [0.15, 0.2) is 11.5 Å². The number of nitrogens with two attached hydrogens (primary N) is 1. The summed E-state index contributed by atoms with van der Waals surface area (Å²) in [5, 5.41) is 14.6. The van der Waals surface area contributed by atoms with Gasteiger partial charge in [0.05, 0.1) is 18.3 Å². The number of hydrogen-bond donors (Lipinski definition) is 1. The number of alkyl halides is 3. The van der Waals surface area contributed by atoms with Crippen LogP contribution in [0.15, 0.2) is 60.8 Å². The van der Waals surface area contributed by atoms with Crippen molar-refractivity contribution >= 4 is 28.2 Å². The van der Waals surface area contributed by atoms with Crippen LogP contribution < -0.4 is 15.2 Å². The molecule has 0 fully saturated rings. The second-order valence-electron chi connectivity index (χ2n) is 7.34. The third kappa shape index (κ3) is 5.64. The maximum atomic E-state index is 9.67. The number of methoxy groups -OCH3 is 1. The average molecular weight is 517 g/mol. The number of pyridine rings is 1. The van der Waals surface area contributed by atoms with E-state index in [-0.39, 0.29) is 6.61 Å². The molecule has 0 aliphatic rings. The Morgan fingerprint density at radius 3 is 2.56 bits per heavy atom. The second kappa shape index (κ2) is 11.2. The van der Waals surface area contributed by atoms with Gasteiger partial charge in [-0.2, -0.15) is 22.8 Å². The zero-order valence-corrected chi connectivity index (χ0v) is 19.7. The molecule has 2 N–H and O–H groups in total. The molecule has 5 aromatic rings. The summed E-state index contributed by atoms with van der Waals surface area (Å²) in [6, 6.07) is 16.9. The minimum absolute atomic E-state index is 0.190. The molecule has 0 spiro atoms. The van der Waals surface area contributed by atoms with E-state index in [4.69, 9.17) is 31.9 Å². The normalized spacial score (nSPS) is 11.0. The Bertz CT molecular complexity index is 1500. The van der Waals surface area contributed by atoms with E-state index in [0.717, 1.165) is 33.5 Å². The van der Waals surface area contributed by atoms with Crippen molar-refractivity contribution in [2.45, 2.75) is 19.8 Å². The summed E-state index contributed by atoms with van der Waals surface area (Å²) >= 11 is 6.32. The summed E-state index contributed by atoms with van der Waals surface area (Å²) in [7, 11) is 1.62. The molecule has 0 unspecified atom stereocenters. The van der Waals surface area contributed by atoms with Crippen LogP contribution in [0.1, 0.15) is 11.4 Å². The highest BCUT2D eigenvalue weighted by molar-refractivity contribution is 6.31. The lowest BCUT2D eigenvalue weighted by atomic mass is 10.1. The van der Waals surface area contributed by atoms with Crippen LogP contribution in [0.3, 0.4) is 0 Å². The van der Waals surface area contributed by atoms with Crippen LogP contribution in [0, 0.1) is 0 Å². The monoisotopic (exact) mass is 516 g/mol. The molecule has 3 heterocycles. The smallest absolute Gasteiger partial charge is 0.379 e. The number of hydrogen-bond acceptors (Lipinski definition) is 7. The first-order valence-electron chi connectivity index (χ1n) is 10.6. The molecule has 0 aliphatic carbocycles. The van der Waals surface area contributed by atoms with E-state index in [2.05, 4.69) is 15.2 Å². The van der Waals surface area contributed by atoms with Gasteiger partial charge in [0.2, 0.25) is 0 Å². The maximum absolute atomic E-state index is 9.67. The Labute approximate surface area is 208 Å². The van der Waals surface area contributed by atoms with Crippen LogP contribution in [0.25, 0.3) is 27.8 Å². The minimum atomic E-state index is -3.67. The van der Waals surface area contributed by atoms with E-state index in [9.17, 15) is 13.2 Å². The van der Waals surface area contributed by atoms with Crippen molar-refractivity contribution in [3.05, 3.63) is 77.2 Å². The van der Waals surface area contributed by atoms with Gasteiger partial charge in [-0.15, -0.1) is 10.2 Å². The number of halogens is 4.